The third-order valence-electron chi connectivity index (χ3n) is 2.51. The van der Waals surface area contributed by atoms with Gasteiger partial charge in [-0.2, -0.15) is 5.10 Å². The van der Waals surface area contributed by atoms with Crippen LogP contribution in [0.25, 0.3) is 0 Å². The molecule has 17 heavy (non-hydrogen) atoms. The lowest BCUT2D eigenvalue weighted by molar-refractivity contribution is 0.102. The fourth-order valence-corrected chi connectivity index (χ4v) is 1.51. The smallest absolute Gasteiger partial charge is 0.256 e. The molecule has 1 heterocycles. The van der Waals surface area contributed by atoms with Crippen LogP contribution in [0, 0.1) is 0 Å². The maximum absolute atomic E-state index is 11.9. The zero-order chi connectivity index (χ0) is 12.3. The summed E-state index contributed by atoms with van der Waals surface area (Å²) in [6, 6.07) is 6.77. The van der Waals surface area contributed by atoms with Gasteiger partial charge in [0.25, 0.3) is 5.91 Å². The summed E-state index contributed by atoms with van der Waals surface area (Å²) in [5.74, 6) is 0.471. The van der Waals surface area contributed by atoms with Gasteiger partial charge in [-0.15, -0.1) is 0 Å². The first kappa shape index (κ1) is 11.2. The molecule has 0 radical (unpaired) electrons. The molecule has 5 nitrogen and oxygen atoms in total. The Morgan fingerprint density at radius 3 is 2.76 bits per heavy atom. The molecule has 1 amide bonds. The van der Waals surface area contributed by atoms with Gasteiger partial charge in [0.15, 0.2) is 0 Å². The van der Waals surface area contributed by atoms with E-state index in [0.717, 1.165) is 12.0 Å². The second kappa shape index (κ2) is 4.69. The third kappa shape index (κ3) is 2.44. The summed E-state index contributed by atoms with van der Waals surface area (Å²) < 4.78 is 0. The lowest BCUT2D eigenvalue weighted by Crippen LogP contribution is -2.13. The Labute approximate surface area is 99.0 Å². The van der Waals surface area contributed by atoms with E-state index in [2.05, 4.69) is 15.5 Å². The van der Waals surface area contributed by atoms with Crippen molar-refractivity contribution in [3.05, 3.63) is 41.6 Å². The number of H-pyrrole nitrogens is 1. The quantitative estimate of drug-likeness (QED) is 0.703. The number of carbonyl (C=O) groups excluding carboxylic acids is 1. The van der Waals surface area contributed by atoms with Crippen molar-refractivity contribution < 1.29 is 4.79 Å². The number of aromatic amines is 1. The first-order valence-electron chi connectivity index (χ1n) is 5.40. The van der Waals surface area contributed by atoms with Crippen molar-refractivity contribution in [3.8, 4) is 0 Å². The molecule has 0 aliphatic heterocycles. The van der Waals surface area contributed by atoms with E-state index in [1.165, 1.54) is 0 Å². The van der Waals surface area contributed by atoms with Crippen molar-refractivity contribution in [1.29, 1.82) is 0 Å². The van der Waals surface area contributed by atoms with Gasteiger partial charge >= 0.3 is 0 Å². The summed E-state index contributed by atoms with van der Waals surface area (Å²) in [5, 5.41) is 9.44. The first-order chi connectivity index (χ1) is 8.20. The normalized spacial score (nSPS) is 10.2. The number of hydrogen-bond donors (Lipinski definition) is 3. The van der Waals surface area contributed by atoms with Crippen LogP contribution in [0.2, 0.25) is 0 Å². The van der Waals surface area contributed by atoms with Crippen LogP contribution in [0.1, 0.15) is 22.8 Å². The van der Waals surface area contributed by atoms with Crippen molar-refractivity contribution in [2.75, 3.05) is 11.1 Å². The molecule has 0 fully saturated rings. The van der Waals surface area contributed by atoms with E-state index in [9.17, 15) is 4.79 Å². The monoisotopic (exact) mass is 230 g/mol. The van der Waals surface area contributed by atoms with E-state index in [0.29, 0.717) is 17.1 Å². The average Bonchev–Trinajstić information content (AvgIpc) is 2.77. The highest BCUT2D eigenvalue weighted by atomic mass is 16.1. The Bertz CT molecular complexity index is 516. The minimum atomic E-state index is -0.177. The number of aryl methyl sites for hydroxylation is 1. The molecule has 0 unspecified atom stereocenters. The van der Waals surface area contributed by atoms with Crippen LogP contribution < -0.4 is 11.1 Å². The number of benzene rings is 1. The fraction of sp³-hybridized carbons (Fsp3) is 0.167. The van der Waals surface area contributed by atoms with Gasteiger partial charge < -0.3 is 11.1 Å². The molecule has 0 spiro atoms. The summed E-state index contributed by atoms with van der Waals surface area (Å²) in [7, 11) is 0. The van der Waals surface area contributed by atoms with Gasteiger partial charge in [0.2, 0.25) is 0 Å². The largest absolute Gasteiger partial charge is 0.399 e. The maximum Gasteiger partial charge on any atom is 0.256 e. The molecule has 4 N–H and O–H groups in total. The van der Waals surface area contributed by atoms with Gasteiger partial charge in [-0.1, -0.05) is 6.92 Å². The molecular weight excluding hydrogens is 216 g/mol. The number of nitrogen functional groups attached to an aromatic ring is 1. The van der Waals surface area contributed by atoms with E-state index in [-0.39, 0.29) is 5.91 Å². The lowest BCUT2D eigenvalue weighted by Gasteiger charge is -2.04. The summed E-state index contributed by atoms with van der Waals surface area (Å²) in [6.07, 6.45) is 2.52. The Morgan fingerprint density at radius 1 is 1.41 bits per heavy atom. The molecule has 1 aromatic carbocycles. The topological polar surface area (TPSA) is 83.8 Å². The molecule has 2 aromatic rings. The molecular formula is C12H14N4O. The van der Waals surface area contributed by atoms with E-state index in [1.807, 2.05) is 6.92 Å². The Hall–Kier alpha value is -2.30. The number of amides is 1. The summed E-state index contributed by atoms with van der Waals surface area (Å²) in [5.41, 5.74) is 7.74. The minimum absolute atomic E-state index is 0.177. The maximum atomic E-state index is 11.9. The Morgan fingerprint density at radius 2 is 2.12 bits per heavy atom. The number of nitrogens with two attached hydrogens (primary N) is 1. The van der Waals surface area contributed by atoms with E-state index >= 15 is 0 Å². The Kier molecular flexibility index (Phi) is 3.09. The first-order valence-corrected chi connectivity index (χ1v) is 5.40. The highest BCUT2D eigenvalue weighted by Crippen LogP contribution is 2.13. The van der Waals surface area contributed by atoms with Crippen molar-refractivity contribution in [1.82, 2.24) is 10.2 Å². The Balaban J connectivity index is 2.14. The molecule has 0 saturated carbocycles. The highest BCUT2D eigenvalue weighted by molar-refractivity contribution is 6.04. The molecule has 0 aliphatic carbocycles. The third-order valence-corrected chi connectivity index (χ3v) is 2.51. The summed E-state index contributed by atoms with van der Waals surface area (Å²) in [6.45, 7) is 2.00. The van der Waals surface area contributed by atoms with Crippen LogP contribution >= 0.6 is 0 Å². The number of nitrogens with one attached hydrogen (secondary N) is 2. The second-order valence-corrected chi connectivity index (χ2v) is 3.70. The zero-order valence-electron chi connectivity index (χ0n) is 9.53. The van der Waals surface area contributed by atoms with Crippen molar-refractivity contribution in [2.45, 2.75) is 13.3 Å². The van der Waals surface area contributed by atoms with Crippen LogP contribution in [0.4, 0.5) is 11.5 Å². The van der Waals surface area contributed by atoms with Gasteiger partial charge in [-0.25, -0.2) is 0 Å². The zero-order valence-corrected chi connectivity index (χ0v) is 9.53. The number of nitrogens with zero attached hydrogens (tertiary/aromatic N) is 1. The summed E-state index contributed by atoms with van der Waals surface area (Å²) in [4.78, 5) is 11.9. The lowest BCUT2D eigenvalue weighted by atomic mass is 10.2. The van der Waals surface area contributed by atoms with E-state index < -0.39 is 0 Å². The predicted molar refractivity (Wildman–Crippen MR) is 66.8 cm³/mol. The molecule has 1 aromatic heterocycles. The van der Waals surface area contributed by atoms with E-state index in [4.69, 9.17) is 5.73 Å². The van der Waals surface area contributed by atoms with Crippen LogP contribution in [0.3, 0.4) is 0 Å². The average molecular weight is 230 g/mol. The number of carbonyl (C=O) groups is 1. The molecule has 2 rings (SSSR count). The number of hydrogen-bond acceptors (Lipinski definition) is 3. The van der Waals surface area contributed by atoms with Gasteiger partial charge in [-0.3, -0.25) is 9.89 Å². The minimum Gasteiger partial charge on any atom is -0.399 e. The second-order valence-electron chi connectivity index (χ2n) is 3.70. The fourth-order valence-electron chi connectivity index (χ4n) is 1.51. The molecule has 0 atom stereocenters. The van der Waals surface area contributed by atoms with Crippen molar-refractivity contribution in [2.24, 2.45) is 0 Å². The van der Waals surface area contributed by atoms with Gasteiger partial charge in [0.1, 0.15) is 5.82 Å². The van der Waals surface area contributed by atoms with Gasteiger partial charge in [0, 0.05) is 16.8 Å². The molecule has 5 heteroatoms. The van der Waals surface area contributed by atoms with Crippen LogP contribution in [-0.4, -0.2) is 16.1 Å². The number of rotatable bonds is 3. The SMILES string of the molecule is CCc1cn[nH]c1NC(=O)c1ccc(N)cc1. The summed E-state index contributed by atoms with van der Waals surface area (Å²) >= 11 is 0. The molecule has 0 aliphatic rings. The van der Waals surface area contributed by atoms with Gasteiger partial charge in [-0.05, 0) is 30.7 Å². The van der Waals surface area contributed by atoms with Crippen molar-refractivity contribution >= 4 is 17.4 Å². The van der Waals surface area contributed by atoms with Crippen molar-refractivity contribution in [3.63, 3.8) is 0 Å². The van der Waals surface area contributed by atoms with E-state index in [1.54, 1.807) is 30.5 Å². The van der Waals surface area contributed by atoms with Gasteiger partial charge in [0.05, 0.1) is 6.20 Å². The van der Waals surface area contributed by atoms with Crippen LogP contribution in [0.5, 0.6) is 0 Å². The standard InChI is InChI=1S/C12H14N4O/c1-2-8-7-14-16-11(8)15-12(17)9-3-5-10(13)6-4-9/h3-7H,2,13H2,1H3,(H2,14,15,16,17). The molecule has 0 saturated heterocycles. The van der Waals surface area contributed by atoms with Crippen LogP contribution in [0.15, 0.2) is 30.5 Å². The van der Waals surface area contributed by atoms with Crippen LogP contribution in [-0.2, 0) is 6.42 Å². The molecule has 0 bridgehead atoms. The molecule has 88 valence electrons. The predicted octanol–water partition coefficient (Wildman–Crippen LogP) is 1.81. The number of aromatic nitrogens is 2. The number of anilines is 2. The highest BCUT2D eigenvalue weighted by Gasteiger charge is 2.09.